The van der Waals surface area contributed by atoms with Gasteiger partial charge in [-0.3, -0.25) is 0 Å². The van der Waals surface area contributed by atoms with Crippen LogP contribution >= 0.6 is 11.3 Å². The summed E-state index contributed by atoms with van der Waals surface area (Å²) in [5, 5.41) is 1.17. The maximum atomic E-state index is 5.27. The first-order chi connectivity index (χ1) is 6.04. The quantitative estimate of drug-likeness (QED) is 0.696. The van der Waals surface area contributed by atoms with Crippen LogP contribution in [0.15, 0.2) is 16.7 Å². The number of thiazole rings is 1. The molecule has 0 aliphatic rings. The third-order valence-corrected chi connectivity index (χ3v) is 2.71. The van der Waals surface area contributed by atoms with E-state index in [2.05, 4.69) is 25.8 Å². The van der Waals surface area contributed by atoms with Gasteiger partial charge in [0.1, 0.15) is 5.52 Å². The van der Waals surface area contributed by atoms with Gasteiger partial charge in [-0.05, 0) is 5.41 Å². The second-order valence-electron chi connectivity index (χ2n) is 4.44. The van der Waals surface area contributed by atoms with E-state index in [1.54, 1.807) is 17.6 Å². The highest BCUT2D eigenvalue weighted by molar-refractivity contribution is 7.17. The van der Waals surface area contributed by atoms with Crippen LogP contribution in [-0.4, -0.2) is 4.98 Å². The summed E-state index contributed by atoms with van der Waals surface area (Å²) in [6.07, 6.45) is 2.71. The average Bonchev–Trinajstić information content (AvgIpc) is 2.40. The van der Waals surface area contributed by atoms with E-state index in [4.69, 9.17) is 4.42 Å². The Labute approximate surface area is 81.6 Å². The fraction of sp³-hybridized carbons (Fsp3) is 0.500. The zero-order chi connectivity index (χ0) is 9.47. The molecule has 0 aromatic carbocycles. The molecule has 2 nitrogen and oxygen atoms in total. The molecule has 2 aromatic rings. The summed E-state index contributed by atoms with van der Waals surface area (Å²) in [5.41, 5.74) is 1.29. The molecule has 0 spiro atoms. The van der Waals surface area contributed by atoms with Crippen LogP contribution in [-0.2, 0) is 6.42 Å². The maximum absolute atomic E-state index is 5.27. The molecule has 2 aromatic heterocycles. The van der Waals surface area contributed by atoms with E-state index >= 15 is 0 Å². The van der Waals surface area contributed by atoms with E-state index in [1.807, 2.05) is 6.07 Å². The lowest BCUT2D eigenvalue weighted by Gasteiger charge is -2.15. The van der Waals surface area contributed by atoms with Crippen molar-refractivity contribution in [3.8, 4) is 0 Å². The van der Waals surface area contributed by atoms with Crippen molar-refractivity contribution in [1.82, 2.24) is 4.98 Å². The Morgan fingerprint density at radius 1 is 1.46 bits per heavy atom. The van der Waals surface area contributed by atoms with Crippen molar-refractivity contribution in [3.05, 3.63) is 17.3 Å². The molecule has 2 rings (SSSR count). The molecular formula is C10H13NOS. The lowest BCUT2D eigenvalue weighted by atomic mass is 9.93. The molecule has 0 aliphatic carbocycles. The Kier molecular flexibility index (Phi) is 1.91. The normalized spacial score (nSPS) is 12.5. The van der Waals surface area contributed by atoms with Crippen LogP contribution < -0.4 is 0 Å². The minimum atomic E-state index is 0.301. The summed E-state index contributed by atoms with van der Waals surface area (Å²) < 4.78 is 5.27. The number of furan rings is 1. The molecule has 13 heavy (non-hydrogen) atoms. The van der Waals surface area contributed by atoms with E-state index in [9.17, 15) is 0 Å². The molecule has 70 valence electrons. The van der Waals surface area contributed by atoms with Crippen LogP contribution in [0.2, 0.25) is 0 Å². The Bertz CT molecular complexity index is 379. The standard InChI is InChI=1S/C10H13NOS/c1-10(2,3)6-8-11-7-4-5-12-9(7)13-8/h4-5H,6H2,1-3H3. The van der Waals surface area contributed by atoms with Gasteiger partial charge in [0.25, 0.3) is 0 Å². The molecule has 0 unspecified atom stereocenters. The first-order valence-electron chi connectivity index (χ1n) is 4.37. The second-order valence-corrected chi connectivity index (χ2v) is 5.48. The molecule has 0 atom stereocenters. The molecule has 0 fully saturated rings. The molecule has 0 N–H and O–H groups in total. The van der Waals surface area contributed by atoms with Crippen LogP contribution in [0.25, 0.3) is 10.4 Å². The van der Waals surface area contributed by atoms with Crippen molar-refractivity contribution < 1.29 is 4.42 Å². The second kappa shape index (κ2) is 2.84. The van der Waals surface area contributed by atoms with Gasteiger partial charge < -0.3 is 4.42 Å². The van der Waals surface area contributed by atoms with E-state index in [-0.39, 0.29) is 0 Å². The van der Waals surface area contributed by atoms with E-state index < -0.39 is 0 Å². The fourth-order valence-corrected chi connectivity index (χ4v) is 2.43. The zero-order valence-corrected chi connectivity index (χ0v) is 8.94. The van der Waals surface area contributed by atoms with E-state index in [0.717, 1.165) is 16.8 Å². The molecule has 0 bridgehead atoms. The minimum Gasteiger partial charge on any atom is -0.452 e. The van der Waals surface area contributed by atoms with Crippen molar-refractivity contribution in [1.29, 1.82) is 0 Å². The van der Waals surface area contributed by atoms with Gasteiger partial charge in [0.05, 0.1) is 11.3 Å². The predicted octanol–water partition coefficient (Wildman–Crippen LogP) is 3.48. The monoisotopic (exact) mass is 195 g/mol. The zero-order valence-electron chi connectivity index (χ0n) is 8.13. The number of aromatic nitrogens is 1. The summed E-state index contributed by atoms with van der Waals surface area (Å²) in [7, 11) is 0. The Hall–Kier alpha value is -0.830. The van der Waals surface area contributed by atoms with E-state index in [1.165, 1.54) is 5.01 Å². The average molecular weight is 195 g/mol. The highest BCUT2D eigenvalue weighted by Gasteiger charge is 2.15. The predicted molar refractivity (Wildman–Crippen MR) is 55.0 cm³/mol. The number of fused-ring (bicyclic) bond motifs is 1. The summed E-state index contributed by atoms with van der Waals surface area (Å²) in [5.74, 6) is 0. The number of hydrogen-bond donors (Lipinski definition) is 0. The first-order valence-corrected chi connectivity index (χ1v) is 5.19. The molecular weight excluding hydrogens is 182 g/mol. The summed E-state index contributed by atoms with van der Waals surface area (Å²) in [4.78, 5) is 5.43. The van der Waals surface area contributed by atoms with Crippen LogP contribution in [0.5, 0.6) is 0 Å². The van der Waals surface area contributed by atoms with Crippen molar-refractivity contribution in [3.63, 3.8) is 0 Å². The largest absolute Gasteiger partial charge is 0.452 e. The summed E-state index contributed by atoms with van der Waals surface area (Å²) >= 11 is 1.65. The Morgan fingerprint density at radius 2 is 2.23 bits per heavy atom. The SMILES string of the molecule is CC(C)(C)Cc1nc2ccoc2s1. The maximum Gasteiger partial charge on any atom is 0.207 e. The van der Waals surface area contributed by atoms with Crippen molar-refractivity contribution in [2.45, 2.75) is 27.2 Å². The number of hydrogen-bond acceptors (Lipinski definition) is 3. The first kappa shape index (κ1) is 8.75. The summed E-state index contributed by atoms with van der Waals surface area (Å²) in [6.45, 7) is 6.66. The third kappa shape index (κ3) is 1.91. The topological polar surface area (TPSA) is 26.0 Å². The lowest BCUT2D eigenvalue weighted by molar-refractivity contribution is 0.411. The molecule has 0 saturated carbocycles. The highest BCUT2D eigenvalue weighted by Crippen LogP contribution is 2.28. The number of rotatable bonds is 1. The van der Waals surface area contributed by atoms with Crippen molar-refractivity contribution >= 4 is 21.8 Å². The van der Waals surface area contributed by atoms with Crippen LogP contribution in [0.4, 0.5) is 0 Å². The smallest absolute Gasteiger partial charge is 0.207 e. The van der Waals surface area contributed by atoms with Gasteiger partial charge in [0.2, 0.25) is 4.90 Å². The van der Waals surface area contributed by atoms with Gasteiger partial charge in [-0.25, -0.2) is 4.98 Å². The third-order valence-electron chi connectivity index (χ3n) is 1.75. The van der Waals surface area contributed by atoms with Gasteiger partial charge >= 0.3 is 0 Å². The molecule has 0 radical (unpaired) electrons. The van der Waals surface area contributed by atoms with E-state index in [0.29, 0.717) is 5.41 Å². The van der Waals surface area contributed by atoms with Crippen molar-refractivity contribution in [2.75, 3.05) is 0 Å². The lowest BCUT2D eigenvalue weighted by Crippen LogP contribution is -2.08. The fourth-order valence-electron chi connectivity index (χ4n) is 1.24. The highest BCUT2D eigenvalue weighted by atomic mass is 32.1. The molecule has 0 amide bonds. The Morgan fingerprint density at radius 3 is 2.85 bits per heavy atom. The van der Waals surface area contributed by atoms with Gasteiger partial charge in [-0.1, -0.05) is 32.1 Å². The van der Waals surface area contributed by atoms with Crippen molar-refractivity contribution in [2.24, 2.45) is 5.41 Å². The van der Waals surface area contributed by atoms with Crippen LogP contribution in [0.1, 0.15) is 25.8 Å². The minimum absolute atomic E-state index is 0.301. The van der Waals surface area contributed by atoms with Gasteiger partial charge in [-0.2, -0.15) is 0 Å². The molecule has 0 aliphatic heterocycles. The van der Waals surface area contributed by atoms with Crippen LogP contribution in [0, 0.1) is 5.41 Å². The summed E-state index contributed by atoms with van der Waals surface area (Å²) in [6, 6.07) is 1.91. The van der Waals surface area contributed by atoms with Gasteiger partial charge in [0, 0.05) is 12.5 Å². The van der Waals surface area contributed by atoms with Crippen LogP contribution in [0.3, 0.4) is 0 Å². The molecule has 2 heterocycles. The number of nitrogens with zero attached hydrogens (tertiary/aromatic N) is 1. The van der Waals surface area contributed by atoms with Gasteiger partial charge in [0.15, 0.2) is 0 Å². The van der Waals surface area contributed by atoms with Gasteiger partial charge in [-0.15, -0.1) is 0 Å². The molecule has 3 heteroatoms. The Balaban J connectivity index is 2.30. The molecule has 0 saturated heterocycles.